The van der Waals surface area contributed by atoms with Crippen molar-refractivity contribution in [2.75, 3.05) is 43.1 Å². The fourth-order valence-corrected chi connectivity index (χ4v) is 4.70. The maximum absolute atomic E-state index is 12.9. The Morgan fingerprint density at radius 1 is 1.19 bits per heavy atom. The Bertz CT molecular complexity index is 1150. The van der Waals surface area contributed by atoms with Crippen LogP contribution in [0.15, 0.2) is 41.5 Å². The molecule has 0 bridgehead atoms. The van der Waals surface area contributed by atoms with Gasteiger partial charge >= 0.3 is 0 Å². The molecule has 1 aliphatic heterocycles. The van der Waals surface area contributed by atoms with Crippen LogP contribution in [0.2, 0.25) is 0 Å². The molecular weight excluding hydrogens is 406 g/mol. The van der Waals surface area contributed by atoms with Gasteiger partial charge in [-0.15, -0.1) is 0 Å². The van der Waals surface area contributed by atoms with Crippen LogP contribution in [-0.2, 0) is 11.8 Å². The lowest BCUT2D eigenvalue weighted by molar-refractivity contribution is 0.122. The maximum Gasteiger partial charge on any atom is 0.264 e. The topological polar surface area (TPSA) is 92.5 Å². The Morgan fingerprint density at radius 3 is 2.69 bits per heavy atom. The van der Waals surface area contributed by atoms with E-state index >= 15 is 0 Å². The molecule has 5 rings (SSSR count). The van der Waals surface area contributed by atoms with Crippen LogP contribution in [0.25, 0.3) is 22.2 Å². The second-order valence-electron chi connectivity index (χ2n) is 8.76. The van der Waals surface area contributed by atoms with E-state index in [2.05, 4.69) is 39.5 Å². The van der Waals surface area contributed by atoms with Gasteiger partial charge in [-0.2, -0.15) is 0 Å². The molecule has 8 heteroatoms. The van der Waals surface area contributed by atoms with Crippen LogP contribution in [0.4, 0.5) is 11.5 Å². The smallest absolute Gasteiger partial charge is 0.264 e. The minimum atomic E-state index is -0.115. The number of pyridine rings is 1. The highest BCUT2D eigenvalue weighted by atomic mass is 16.5. The molecule has 0 amide bonds. The van der Waals surface area contributed by atoms with Gasteiger partial charge in [0.2, 0.25) is 0 Å². The molecule has 8 nitrogen and oxygen atoms in total. The molecule has 2 aromatic heterocycles. The van der Waals surface area contributed by atoms with Crippen molar-refractivity contribution in [1.29, 1.82) is 0 Å². The second-order valence-corrected chi connectivity index (χ2v) is 8.76. The normalized spacial score (nSPS) is 21.2. The molecule has 2 N–H and O–H groups in total. The van der Waals surface area contributed by atoms with E-state index in [0.717, 1.165) is 56.8 Å². The van der Waals surface area contributed by atoms with Crippen molar-refractivity contribution in [2.24, 2.45) is 13.0 Å². The van der Waals surface area contributed by atoms with Crippen molar-refractivity contribution in [1.82, 2.24) is 14.5 Å². The van der Waals surface area contributed by atoms with E-state index < -0.39 is 0 Å². The summed E-state index contributed by atoms with van der Waals surface area (Å²) in [6, 6.07) is 10.4. The predicted octanol–water partition coefficient (Wildman–Crippen LogP) is 2.41. The predicted molar refractivity (Wildman–Crippen MR) is 125 cm³/mol. The molecule has 0 unspecified atom stereocenters. The number of benzene rings is 1. The van der Waals surface area contributed by atoms with Crippen LogP contribution in [0, 0.1) is 5.92 Å². The van der Waals surface area contributed by atoms with E-state index in [4.69, 9.17) is 9.72 Å². The standard InChI is InChI=1S/C24H29N5O3/c1-28-15-25-21-13-20(17-3-6-19(7-4-17)29-8-10-32-11-9-29)27-23(22(21)24(28)31)26-18-5-2-16(12-18)14-30/h3-4,6-7,13,15-16,18,30H,2,5,8-12,14H2,1H3,(H,26,27)/t16-,18-/m0/s1. The molecule has 1 saturated carbocycles. The highest BCUT2D eigenvalue weighted by Crippen LogP contribution is 2.31. The van der Waals surface area contributed by atoms with Crippen molar-refractivity contribution in [2.45, 2.75) is 25.3 Å². The van der Waals surface area contributed by atoms with E-state index in [1.165, 1.54) is 10.3 Å². The number of morpholine rings is 1. The number of anilines is 2. The summed E-state index contributed by atoms with van der Waals surface area (Å²) in [6.07, 6.45) is 4.36. The summed E-state index contributed by atoms with van der Waals surface area (Å²) in [7, 11) is 1.70. The first-order valence-corrected chi connectivity index (χ1v) is 11.3. The van der Waals surface area contributed by atoms with Gasteiger partial charge in [0.1, 0.15) is 11.2 Å². The molecule has 2 fully saturated rings. The van der Waals surface area contributed by atoms with Crippen LogP contribution in [-0.4, -0.2) is 58.6 Å². The number of hydrogen-bond acceptors (Lipinski definition) is 7. The lowest BCUT2D eigenvalue weighted by Gasteiger charge is -2.28. The third kappa shape index (κ3) is 4.08. The Kier molecular flexibility index (Phi) is 5.80. The fraction of sp³-hybridized carbons (Fsp3) is 0.458. The van der Waals surface area contributed by atoms with Gasteiger partial charge in [-0.05, 0) is 43.4 Å². The van der Waals surface area contributed by atoms with Crippen LogP contribution < -0.4 is 15.8 Å². The molecule has 2 atom stereocenters. The molecule has 0 spiro atoms. The molecule has 32 heavy (non-hydrogen) atoms. The summed E-state index contributed by atoms with van der Waals surface area (Å²) in [6.45, 7) is 3.49. The lowest BCUT2D eigenvalue weighted by atomic mass is 10.1. The average molecular weight is 436 g/mol. The fourth-order valence-electron chi connectivity index (χ4n) is 4.70. The zero-order chi connectivity index (χ0) is 22.1. The monoisotopic (exact) mass is 435 g/mol. The zero-order valence-electron chi connectivity index (χ0n) is 18.3. The second kappa shape index (κ2) is 8.88. The van der Waals surface area contributed by atoms with Gasteiger partial charge in [-0.25, -0.2) is 9.97 Å². The Hall–Kier alpha value is -2.97. The molecule has 3 aromatic rings. The van der Waals surface area contributed by atoms with E-state index in [1.54, 1.807) is 13.4 Å². The van der Waals surface area contributed by atoms with Crippen molar-refractivity contribution in [3.8, 4) is 11.3 Å². The third-order valence-electron chi connectivity index (χ3n) is 6.58. The minimum Gasteiger partial charge on any atom is -0.396 e. The number of nitrogens with one attached hydrogen (secondary N) is 1. The lowest BCUT2D eigenvalue weighted by Crippen LogP contribution is -2.36. The van der Waals surface area contributed by atoms with Crippen LogP contribution in [0.1, 0.15) is 19.3 Å². The first-order chi connectivity index (χ1) is 15.6. The van der Waals surface area contributed by atoms with Crippen molar-refractivity contribution in [3.63, 3.8) is 0 Å². The third-order valence-corrected chi connectivity index (χ3v) is 6.58. The van der Waals surface area contributed by atoms with E-state index in [1.807, 2.05) is 6.07 Å². The highest BCUT2D eigenvalue weighted by molar-refractivity contribution is 5.91. The number of hydrogen-bond donors (Lipinski definition) is 2. The molecule has 2 aliphatic rings. The molecule has 0 radical (unpaired) electrons. The number of nitrogens with zero attached hydrogens (tertiary/aromatic N) is 4. The van der Waals surface area contributed by atoms with Crippen LogP contribution in [0.5, 0.6) is 0 Å². The number of aromatic nitrogens is 3. The SMILES string of the molecule is Cn1cnc2cc(-c3ccc(N4CCOCC4)cc3)nc(N[C@H]3CC[C@H](CO)C3)c2c1=O. The van der Waals surface area contributed by atoms with Crippen LogP contribution >= 0.6 is 0 Å². The number of ether oxygens (including phenoxy) is 1. The van der Waals surface area contributed by atoms with Gasteiger partial charge in [0, 0.05) is 44.0 Å². The molecular formula is C24H29N5O3. The molecule has 1 aromatic carbocycles. The summed E-state index contributed by atoms with van der Waals surface area (Å²) < 4.78 is 6.93. The van der Waals surface area contributed by atoms with Gasteiger partial charge in [-0.1, -0.05) is 12.1 Å². The quantitative estimate of drug-likeness (QED) is 0.636. The number of aliphatic hydroxyl groups excluding tert-OH is 1. The minimum absolute atomic E-state index is 0.115. The van der Waals surface area contributed by atoms with E-state index in [9.17, 15) is 9.90 Å². The number of fused-ring (bicyclic) bond motifs is 1. The van der Waals surface area contributed by atoms with Crippen molar-refractivity contribution < 1.29 is 9.84 Å². The summed E-state index contributed by atoms with van der Waals surface area (Å²) >= 11 is 0. The first kappa shape index (κ1) is 20.9. The number of aryl methyl sites for hydroxylation is 1. The van der Waals surface area contributed by atoms with Gasteiger partial charge in [0.15, 0.2) is 0 Å². The number of aliphatic hydroxyl groups is 1. The van der Waals surface area contributed by atoms with Crippen molar-refractivity contribution in [3.05, 3.63) is 47.0 Å². The zero-order valence-corrected chi connectivity index (χ0v) is 18.3. The molecule has 1 aliphatic carbocycles. The summed E-state index contributed by atoms with van der Waals surface area (Å²) in [5.74, 6) is 0.877. The van der Waals surface area contributed by atoms with Crippen molar-refractivity contribution >= 4 is 22.4 Å². The molecule has 1 saturated heterocycles. The number of rotatable bonds is 5. The Balaban J connectivity index is 1.51. The summed E-state index contributed by atoms with van der Waals surface area (Å²) in [5, 5.41) is 13.5. The largest absolute Gasteiger partial charge is 0.396 e. The van der Waals surface area contributed by atoms with Gasteiger partial charge in [-0.3, -0.25) is 4.79 Å². The molecule has 168 valence electrons. The molecule has 3 heterocycles. The van der Waals surface area contributed by atoms with E-state index in [0.29, 0.717) is 22.6 Å². The van der Waals surface area contributed by atoms with Crippen LogP contribution in [0.3, 0.4) is 0 Å². The Labute approximate surface area is 186 Å². The average Bonchev–Trinajstić information content (AvgIpc) is 3.29. The Morgan fingerprint density at radius 2 is 1.97 bits per heavy atom. The highest BCUT2D eigenvalue weighted by Gasteiger charge is 2.25. The van der Waals surface area contributed by atoms with E-state index in [-0.39, 0.29) is 18.2 Å². The van der Waals surface area contributed by atoms with Gasteiger partial charge in [0.05, 0.1) is 30.8 Å². The summed E-state index contributed by atoms with van der Waals surface area (Å²) in [5.41, 5.74) is 3.45. The summed E-state index contributed by atoms with van der Waals surface area (Å²) in [4.78, 5) is 24.6. The van der Waals surface area contributed by atoms with Gasteiger partial charge < -0.3 is 24.6 Å². The van der Waals surface area contributed by atoms with Gasteiger partial charge in [0.25, 0.3) is 5.56 Å². The maximum atomic E-state index is 12.9. The first-order valence-electron chi connectivity index (χ1n) is 11.3.